The summed E-state index contributed by atoms with van der Waals surface area (Å²) in [6.45, 7) is 8.97. The van der Waals surface area contributed by atoms with Crippen LogP contribution in [0, 0.1) is 17.8 Å². The highest BCUT2D eigenvalue weighted by molar-refractivity contribution is 5.69. The van der Waals surface area contributed by atoms with Crippen molar-refractivity contribution in [3.8, 4) is 0 Å². The number of hydrogen-bond acceptors (Lipinski definition) is 1. The summed E-state index contributed by atoms with van der Waals surface area (Å²) < 4.78 is 0. The Morgan fingerprint density at radius 3 is 2.04 bits per heavy atom. The number of aliphatic carboxylic acids is 1. The lowest BCUT2D eigenvalue weighted by molar-refractivity contribution is -0.142. The Labute approximate surface area is 145 Å². The lowest BCUT2D eigenvalue weighted by Crippen LogP contribution is -2.19. The zero-order valence-corrected chi connectivity index (χ0v) is 16.3. The summed E-state index contributed by atoms with van der Waals surface area (Å²) in [5, 5.41) is 9.57. The van der Waals surface area contributed by atoms with Gasteiger partial charge in [0.15, 0.2) is 0 Å². The summed E-state index contributed by atoms with van der Waals surface area (Å²) in [5.74, 6) is 0.595. The quantitative estimate of drug-likeness (QED) is 0.308. The van der Waals surface area contributed by atoms with Gasteiger partial charge in [-0.3, -0.25) is 4.79 Å². The molecule has 23 heavy (non-hydrogen) atoms. The summed E-state index contributed by atoms with van der Waals surface area (Å²) in [6, 6.07) is 0. The Balaban J connectivity index is 4.19. The van der Waals surface area contributed by atoms with Gasteiger partial charge in [0, 0.05) is 0 Å². The number of hydrogen-bond donors (Lipinski definition) is 1. The summed E-state index contributed by atoms with van der Waals surface area (Å²) >= 11 is 0. The Bertz CT molecular complexity index is 275. The van der Waals surface area contributed by atoms with Crippen LogP contribution in [0.5, 0.6) is 0 Å². The molecule has 0 aromatic rings. The lowest BCUT2D eigenvalue weighted by atomic mass is 9.83. The summed E-state index contributed by atoms with van der Waals surface area (Å²) in [4.78, 5) is 11.6. The Kier molecular flexibility index (Phi) is 14.7. The van der Waals surface area contributed by atoms with E-state index in [0.717, 1.165) is 19.3 Å². The molecule has 3 atom stereocenters. The van der Waals surface area contributed by atoms with Gasteiger partial charge in [-0.25, -0.2) is 0 Å². The van der Waals surface area contributed by atoms with Gasteiger partial charge in [0.1, 0.15) is 0 Å². The second kappa shape index (κ2) is 15.0. The van der Waals surface area contributed by atoms with Crippen LogP contribution in [0.1, 0.15) is 111 Å². The van der Waals surface area contributed by atoms with E-state index in [-0.39, 0.29) is 5.92 Å². The number of rotatable bonds is 16. The number of carboxylic acid groups (broad SMARTS) is 1. The number of carboxylic acids is 1. The minimum Gasteiger partial charge on any atom is -0.481 e. The smallest absolute Gasteiger partial charge is 0.306 e. The van der Waals surface area contributed by atoms with Crippen LogP contribution in [0.4, 0.5) is 0 Å². The highest BCUT2D eigenvalue weighted by Gasteiger charge is 2.22. The Hall–Kier alpha value is -0.530. The van der Waals surface area contributed by atoms with Gasteiger partial charge in [-0.05, 0) is 31.1 Å². The molecular weight excluding hydrogens is 284 g/mol. The van der Waals surface area contributed by atoms with E-state index in [1.807, 2.05) is 0 Å². The molecule has 0 amide bonds. The van der Waals surface area contributed by atoms with Gasteiger partial charge >= 0.3 is 5.97 Å². The first kappa shape index (κ1) is 22.5. The van der Waals surface area contributed by atoms with Crippen molar-refractivity contribution in [1.82, 2.24) is 0 Å². The molecule has 0 saturated carbocycles. The maximum atomic E-state index is 11.6. The van der Waals surface area contributed by atoms with Crippen molar-refractivity contribution >= 4 is 5.97 Å². The molecule has 0 spiro atoms. The van der Waals surface area contributed by atoms with Crippen LogP contribution in [0.3, 0.4) is 0 Å². The van der Waals surface area contributed by atoms with Gasteiger partial charge < -0.3 is 5.11 Å². The van der Waals surface area contributed by atoms with Gasteiger partial charge in [-0.1, -0.05) is 91.9 Å². The average molecular weight is 327 g/mol. The molecule has 2 heteroatoms. The lowest BCUT2D eigenvalue weighted by Gasteiger charge is -2.22. The van der Waals surface area contributed by atoms with Crippen LogP contribution in [-0.4, -0.2) is 11.1 Å². The number of unbranched alkanes of at least 4 members (excludes halogenated alkanes) is 4. The van der Waals surface area contributed by atoms with Crippen molar-refractivity contribution in [2.75, 3.05) is 0 Å². The fourth-order valence-corrected chi connectivity index (χ4v) is 3.58. The minimum absolute atomic E-state index is 0.124. The van der Waals surface area contributed by atoms with E-state index < -0.39 is 5.97 Å². The molecule has 0 saturated heterocycles. The number of carbonyl (C=O) groups is 1. The zero-order valence-electron chi connectivity index (χ0n) is 16.3. The molecule has 1 N–H and O–H groups in total. The van der Waals surface area contributed by atoms with Crippen LogP contribution < -0.4 is 0 Å². The topological polar surface area (TPSA) is 37.3 Å². The largest absolute Gasteiger partial charge is 0.481 e. The predicted molar refractivity (Wildman–Crippen MR) is 101 cm³/mol. The molecule has 138 valence electrons. The first-order chi connectivity index (χ1) is 11.0. The molecule has 0 bridgehead atoms. The predicted octanol–water partition coefficient (Wildman–Crippen LogP) is 7.07. The molecule has 0 aliphatic heterocycles. The van der Waals surface area contributed by atoms with Gasteiger partial charge in [-0.15, -0.1) is 0 Å². The second-order valence-electron chi connectivity index (χ2n) is 7.60. The van der Waals surface area contributed by atoms with E-state index in [1.54, 1.807) is 0 Å². The molecule has 0 aromatic heterocycles. The third-order valence-corrected chi connectivity index (χ3v) is 5.19. The molecule has 0 fully saturated rings. The molecule has 2 nitrogen and oxygen atoms in total. The van der Waals surface area contributed by atoms with Gasteiger partial charge in [0.05, 0.1) is 5.92 Å². The van der Waals surface area contributed by atoms with E-state index in [2.05, 4.69) is 27.7 Å². The summed E-state index contributed by atoms with van der Waals surface area (Å²) in [7, 11) is 0. The van der Waals surface area contributed by atoms with Crippen LogP contribution in [0.15, 0.2) is 0 Å². The van der Waals surface area contributed by atoms with Crippen LogP contribution in [0.2, 0.25) is 0 Å². The standard InChI is InChI=1S/C21H42O2/c1-5-8-10-11-13-18(4)15-16-20(21(22)23)17-19(12-7-3)14-9-6-2/h18-20H,5-17H2,1-4H3,(H,22,23). The Morgan fingerprint density at radius 2 is 1.48 bits per heavy atom. The average Bonchev–Trinajstić information content (AvgIpc) is 2.52. The molecule has 0 heterocycles. The highest BCUT2D eigenvalue weighted by atomic mass is 16.4. The maximum absolute atomic E-state index is 11.6. The molecule has 0 aliphatic rings. The molecule has 3 unspecified atom stereocenters. The van der Waals surface area contributed by atoms with Crippen molar-refractivity contribution in [3.05, 3.63) is 0 Å². The first-order valence-electron chi connectivity index (χ1n) is 10.3. The first-order valence-corrected chi connectivity index (χ1v) is 10.3. The summed E-state index contributed by atoms with van der Waals surface area (Å²) in [5.41, 5.74) is 0. The summed E-state index contributed by atoms with van der Waals surface area (Å²) in [6.07, 6.45) is 15.4. The molecule has 0 aromatic carbocycles. The van der Waals surface area contributed by atoms with Crippen molar-refractivity contribution < 1.29 is 9.90 Å². The fraction of sp³-hybridized carbons (Fsp3) is 0.952. The third kappa shape index (κ3) is 12.5. The second-order valence-corrected chi connectivity index (χ2v) is 7.60. The van der Waals surface area contributed by atoms with E-state index in [1.165, 1.54) is 64.2 Å². The molecule has 0 rings (SSSR count). The van der Waals surface area contributed by atoms with Crippen molar-refractivity contribution in [1.29, 1.82) is 0 Å². The molecular formula is C21H42O2. The van der Waals surface area contributed by atoms with Crippen LogP contribution >= 0.6 is 0 Å². The van der Waals surface area contributed by atoms with E-state index >= 15 is 0 Å². The van der Waals surface area contributed by atoms with Crippen LogP contribution in [-0.2, 0) is 4.79 Å². The van der Waals surface area contributed by atoms with E-state index in [4.69, 9.17) is 0 Å². The molecule has 0 radical (unpaired) electrons. The monoisotopic (exact) mass is 326 g/mol. The zero-order chi connectivity index (χ0) is 17.5. The minimum atomic E-state index is -0.569. The maximum Gasteiger partial charge on any atom is 0.306 e. The van der Waals surface area contributed by atoms with Gasteiger partial charge in [0.25, 0.3) is 0 Å². The Morgan fingerprint density at radius 1 is 0.783 bits per heavy atom. The fourth-order valence-electron chi connectivity index (χ4n) is 3.58. The normalized spacial score (nSPS) is 15.3. The van der Waals surface area contributed by atoms with Crippen molar-refractivity contribution in [2.45, 2.75) is 111 Å². The van der Waals surface area contributed by atoms with Crippen molar-refractivity contribution in [2.24, 2.45) is 17.8 Å². The van der Waals surface area contributed by atoms with Crippen molar-refractivity contribution in [3.63, 3.8) is 0 Å². The van der Waals surface area contributed by atoms with Gasteiger partial charge in [0.2, 0.25) is 0 Å². The van der Waals surface area contributed by atoms with E-state index in [9.17, 15) is 9.90 Å². The highest BCUT2D eigenvalue weighted by Crippen LogP contribution is 2.28. The van der Waals surface area contributed by atoms with Gasteiger partial charge in [-0.2, -0.15) is 0 Å². The third-order valence-electron chi connectivity index (χ3n) is 5.19. The SMILES string of the molecule is CCCCCCC(C)CCC(CC(CCC)CCCC)C(=O)O. The molecule has 0 aliphatic carbocycles. The van der Waals surface area contributed by atoms with E-state index in [0.29, 0.717) is 11.8 Å². The van der Waals surface area contributed by atoms with Crippen LogP contribution in [0.25, 0.3) is 0 Å².